The Morgan fingerprint density at radius 1 is 1.17 bits per heavy atom. The van der Waals surface area contributed by atoms with Gasteiger partial charge in [-0.25, -0.2) is 0 Å². The largest absolute Gasteiger partial charge is 0.480 e. The molecule has 1 amide bonds. The Hall–Kier alpha value is -1.55. The lowest BCUT2D eigenvalue weighted by atomic mass is 9.52. The van der Waals surface area contributed by atoms with Crippen molar-refractivity contribution < 1.29 is 14.6 Å². The first-order chi connectivity index (χ1) is 11.1. The van der Waals surface area contributed by atoms with E-state index in [4.69, 9.17) is 4.74 Å². The number of nitrogens with one attached hydrogen (secondary N) is 1. The lowest BCUT2D eigenvalue weighted by Crippen LogP contribution is -2.62. The number of fused-ring (bicyclic) bond motifs is 1. The van der Waals surface area contributed by atoms with E-state index in [0.29, 0.717) is 24.2 Å². The highest BCUT2D eigenvalue weighted by atomic mass is 16.5. The molecule has 6 rings (SSSR count). The number of aliphatic hydroxyl groups is 1. The summed E-state index contributed by atoms with van der Waals surface area (Å²) in [5, 5.41) is 13.9. The maximum Gasteiger partial charge on any atom is 0.261 e. The minimum Gasteiger partial charge on any atom is -0.480 e. The molecule has 6 atom stereocenters. The summed E-state index contributed by atoms with van der Waals surface area (Å²) in [6.45, 7) is 0. The summed E-state index contributed by atoms with van der Waals surface area (Å²) < 4.78 is 5.82. The van der Waals surface area contributed by atoms with Crippen LogP contribution in [0.15, 0.2) is 24.3 Å². The van der Waals surface area contributed by atoms with Crippen molar-refractivity contribution in [2.75, 3.05) is 0 Å². The first kappa shape index (κ1) is 13.8. The Morgan fingerprint density at radius 3 is 2.61 bits per heavy atom. The zero-order valence-corrected chi connectivity index (χ0v) is 13.2. The van der Waals surface area contributed by atoms with Crippen molar-refractivity contribution in [1.29, 1.82) is 0 Å². The number of hydrogen-bond donors (Lipinski definition) is 2. The van der Waals surface area contributed by atoms with Crippen LogP contribution < -0.4 is 10.1 Å². The summed E-state index contributed by atoms with van der Waals surface area (Å²) in [7, 11) is 0. The van der Waals surface area contributed by atoms with E-state index in [1.165, 1.54) is 0 Å². The second-order valence-corrected chi connectivity index (χ2v) is 8.15. The van der Waals surface area contributed by atoms with E-state index < -0.39 is 11.7 Å². The summed E-state index contributed by atoms with van der Waals surface area (Å²) in [5.74, 6) is 2.41. The van der Waals surface area contributed by atoms with Gasteiger partial charge in [-0.2, -0.15) is 0 Å². The van der Waals surface area contributed by atoms with E-state index in [1.807, 2.05) is 24.3 Å². The fraction of sp³-hybridized carbons (Fsp3) is 0.632. The van der Waals surface area contributed by atoms with Crippen LogP contribution in [0.25, 0.3) is 0 Å². The second-order valence-electron chi connectivity index (χ2n) is 8.15. The van der Waals surface area contributed by atoms with Crippen LogP contribution in [0.5, 0.6) is 5.75 Å². The first-order valence-electron chi connectivity index (χ1n) is 8.87. The number of carbonyl (C=O) groups is 1. The normalized spacial score (nSPS) is 43.1. The third kappa shape index (κ3) is 2.18. The van der Waals surface area contributed by atoms with Gasteiger partial charge >= 0.3 is 0 Å². The van der Waals surface area contributed by atoms with Crippen molar-refractivity contribution in [2.24, 2.45) is 17.8 Å². The molecule has 1 aromatic rings. The van der Waals surface area contributed by atoms with E-state index in [2.05, 4.69) is 5.32 Å². The molecule has 4 aliphatic carbocycles. The molecule has 1 aliphatic heterocycles. The number of ether oxygens (including phenoxy) is 1. The molecule has 0 spiro atoms. The van der Waals surface area contributed by atoms with Gasteiger partial charge in [0.05, 0.1) is 5.60 Å². The van der Waals surface area contributed by atoms with Gasteiger partial charge in [-0.05, 0) is 61.5 Å². The standard InChI is InChI=1S/C19H23NO3/c21-18(16-7-12-3-1-2-4-15(12)23-16)20-17-13-5-11-6-14(17)10-19(22,8-11)9-13/h1-4,11,13-14,16-17,22H,5-10H2,(H,20,21)/t11?,13-,14+,16?,17?,19?. The van der Waals surface area contributed by atoms with Crippen LogP contribution in [-0.2, 0) is 11.2 Å². The zero-order chi connectivity index (χ0) is 15.6. The Labute approximate surface area is 136 Å². The molecule has 4 heteroatoms. The molecule has 4 fully saturated rings. The van der Waals surface area contributed by atoms with Crippen LogP contribution in [0.1, 0.15) is 37.7 Å². The van der Waals surface area contributed by atoms with Crippen LogP contribution in [0.4, 0.5) is 0 Å². The zero-order valence-electron chi connectivity index (χ0n) is 13.2. The maximum absolute atomic E-state index is 12.7. The molecular formula is C19H23NO3. The lowest BCUT2D eigenvalue weighted by Gasteiger charge is -2.58. The molecule has 1 heterocycles. The number of carbonyl (C=O) groups excluding carboxylic acids is 1. The van der Waals surface area contributed by atoms with E-state index in [9.17, 15) is 9.90 Å². The van der Waals surface area contributed by atoms with Crippen molar-refractivity contribution in [3.8, 4) is 5.75 Å². The Balaban J connectivity index is 1.29. The highest BCUT2D eigenvalue weighted by Gasteiger charge is 2.55. The summed E-state index contributed by atoms with van der Waals surface area (Å²) >= 11 is 0. The molecule has 122 valence electrons. The molecule has 4 saturated carbocycles. The molecular weight excluding hydrogens is 290 g/mol. The van der Waals surface area contributed by atoms with Crippen LogP contribution in [0.2, 0.25) is 0 Å². The summed E-state index contributed by atoms with van der Waals surface area (Å²) in [5.41, 5.74) is 0.671. The monoisotopic (exact) mass is 313 g/mol. The van der Waals surface area contributed by atoms with Crippen molar-refractivity contribution >= 4 is 5.91 Å². The molecule has 5 aliphatic rings. The first-order valence-corrected chi connectivity index (χ1v) is 8.87. The number of hydrogen-bond acceptors (Lipinski definition) is 3. The van der Waals surface area contributed by atoms with E-state index in [0.717, 1.165) is 43.4 Å². The minimum atomic E-state index is -0.447. The smallest absolute Gasteiger partial charge is 0.261 e. The van der Waals surface area contributed by atoms with E-state index in [1.54, 1.807) is 0 Å². The molecule has 1 aromatic carbocycles. The van der Waals surface area contributed by atoms with Crippen molar-refractivity contribution in [1.82, 2.24) is 5.32 Å². The van der Waals surface area contributed by atoms with Gasteiger partial charge in [0, 0.05) is 12.5 Å². The maximum atomic E-state index is 12.7. The highest BCUT2D eigenvalue weighted by Crippen LogP contribution is 2.55. The Morgan fingerprint density at radius 2 is 1.91 bits per heavy atom. The third-order valence-corrected chi connectivity index (χ3v) is 6.49. The molecule has 4 nitrogen and oxygen atoms in total. The Bertz CT molecular complexity index is 617. The SMILES string of the molecule is O=C(NC1[C@@H]2CC3C[C@H]1CC(O)(C3)C2)C1Cc2ccccc2O1. The van der Waals surface area contributed by atoms with Crippen LogP contribution in [0, 0.1) is 17.8 Å². The summed E-state index contributed by atoms with van der Waals surface area (Å²) in [6, 6.07) is 8.12. The van der Waals surface area contributed by atoms with Crippen molar-refractivity contribution in [2.45, 2.75) is 56.3 Å². The van der Waals surface area contributed by atoms with Gasteiger partial charge in [0.2, 0.25) is 0 Å². The van der Waals surface area contributed by atoms with Crippen LogP contribution in [-0.4, -0.2) is 28.8 Å². The van der Waals surface area contributed by atoms with E-state index >= 15 is 0 Å². The van der Waals surface area contributed by atoms with Crippen LogP contribution >= 0.6 is 0 Å². The van der Waals surface area contributed by atoms with Gasteiger partial charge in [-0.1, -0.05) is 18.2 Å². The Kier molecular flexibility index (Phi) is 2.85. The number of rotatable bonds is 2. The average Bonchev–Trinajstić information content (AvgIpc) is 2.93. The predicted molar refractivity (Wildman–Crippen MR) is 85.0 cm³/mol. The number of para-hydroxylation sites is 1. The van der Waals surface area contributed by atoms with Gasteiger partial charge in [0.25, 0.3) is 5.91 Å². The number of amides is 1. The minimum absolute atomic E-state index is 0.0191. The fourth-order valence-electron chi connectivity index (χ4n) is 5.80. The lowest BCUT2D eigenvalue weighted by molar-refractivity contribution is -0.149. The second kappa shape index (κ2) is 4.73. The molecule has 4 unspecified atom stereocenters. The third-order valence-electron chi connectivity index (χ3n) is 6.49. The molecule has 2 N–H and O–H groups in total. The molecule has 0 saturated heterocycles. The van der Waals surface area contributed by atoms with Crippen molar-refractivity contribution in [3.05, 3.63) is 29.8 Å². The van der Waals surface area contributed by atoms with E-state index in [-0.39, 0.29) is 11.9 Å². The van der Waals surface area contributed by atoms with Gasteiger partial charge in [-0.3, -0.25) is 4.79 Å². The highest BCUT2D eigenvalue weighted by molar-refractivity contribution is 5.82. The predicted octanol–water partition coefficient (Wildman–Crippen LogP) is 2.05. The fourth-order valence-corrected chi connectivity index (χ4v) is 5.80. The molecule has 0 aromatic heterocycles. The van der Waals surface area contributed by atoms with Crippen LogP contribution in [0.3, 0.4) is 0 Å². The summed E-state index contributed by atoms with van der Waals surface area (Å²) in [6.07, 6.45) is 5.28. The number of benzene rings is 1. The quantitative estimate of drug-likeness (QED) is 0.878. The average molecular weight is 313 g/mol. The topological polar surface area (TPSA) is 58.6 Å². The molecule has 0 radical (unpaired) electrons. The van der Waals surface area contributed by atoms with Gasteiger partial charge in [0.1, 0.15) is 5.75 Å². The summed E-state index contributed by atoms with van der Waals surface area (Å²) in [4.78, 5) is 12.7. The van der Waals surface area contributed by atoms with Gasteiger partial charge in [0.15, 0.2) is 6.10 Å². The molecule has 23 heavy (non-hydrogen) atoms. The molecule has 4 bridgehead atoms. The van der Waals surface area contributed by atoms with Crippen molar-refractivity contribution in [3.63, 3.8) is 0 Å². The van der Waals surface area contributed by atoms with Gasteiger partial charge in [-0.15, -0.1) is 0 Å². The van der Waals surface area contributed by atoms with Gasteiger partial charge < -0.3 is 15.2 Å².